The summed E-state index contributed by atoms with van der Waals surface area (Å²) in [5, 5.41) is 0. The van der Waals surface area contributed by atoms with Crippen molar-refractivity contribution in [1.29, 1.82) is 0 Å². The van der Waals surface area contributed by atoms with Crippen LogP contribution in [-0.2, 0) is 18.6 Å². The summed E-state index contributed by atoms with van der Waals surface area (Å²) in [5.41, 5.74) is 8.93. The van der Waals surface area contributed by atoms with E-state index >= 15 is 0 Å². The number of hydrogen-bond acceptors (Lipinski definition) is 0. The molecule has 0 bridgehead atoms. The van der Waals surface area contributed by atoms with Crippen molar-refractivity contribution in [3.05, 3.63) is 77.4 Å². The van der Waals surface area contributed by atoms with Crippen LogP contribution in [0.3, 0.4) is 0 Å². The van der Waals surface area contributed by atoms with Gasteiger partial charge in [0.25, 0.3) is 0 Å². The number of halogens is 3. The Balaban J connectivity index is 0.000000960. The molecule has 1 radical (unpaired) electrons. The third kappa shape index (κ3) is 3.44. The Morgan fingerprint density at radius 1 is 0.958 bits per heavy atom. The average molecular weight is 431 g/mol. The molecule has 2 aromatic carbocycles. The Morgan fingerprint density at radius 2 is 1.62 bits per heavy atom. The van der Waals surface area contributed by atoms with Crippen LogP contribution in [0.25, 0.3) is 16.7 Å². The van der Waals surface area contributed by atoms with Gasteiger partial charge in [-0.25, -0.2) is 0 Å². The maximum Gasteiger partial charge on any atom is 2.00 e. The van der Waals surface area contributed by atoms with Crippen LogP contribution < -0.4 is 24.8 Å². The molecule has 123 valence electrons. The van der Waals surface area contributed by atoms with Crippen molar-refractivity contribution in [1.82, 2.24) is 0 Å². The second-order valence-corrected chi connectivity index (χ2v) is 9.92. The zero-order valence-corrected chi connectivity index (χ0v) is 18.0. The number of rotatable bonds is 2. The Kier molecular flexibility index (Phi) is 7.93. The van der Waals surface area contributed by atoms with Crippen molar-refractivity contribution in [3.63, 3.8) is 0 Å². The molecule has 2 aliphatic carbocycles. The average Bonchev–Trinajstić information content (AvgIpc) is 3.12. The predicted octanol–water partition coefficient (Wildman–Crippen LogP) is -0.721. The van der Waals surface area contributed by atoms with Crippen LogP contribution >= 0.6 is 11.1 Å². The molecule has 0 aliphatic heterocycles. The third-order valence-electron chi connectivity index (χ3n) is 4.58. The van der Waals surface area contributed by atoms with E-state index in [9.17, 15) is 0 Å². The Bertz CT molecular complexity index is 784. The quantitative estimate of drug-likeness (QED) is 0.436. The van der Waals surface area contributed by atoms with Gasteiger partial charge in [0.05, 0.1) is 0 Å². The van der Waals surface area contributed by atoms with Crippen molar-refractivity contribution in [2.24, 2.45) is 0 Å². The standard InChI is InChI=1S/C19H17ClSi.2ClH.V/c1-21(20)19-17-10-5-4-9-15(17)16-12-6-11-14(18(16)19)13-7-2-3-8-13;;;/h2-7,9-12,19,21H,8H2,1H3;2*1H;/q;;;+2/p-2. The zero-order valence-electron chi connectivity index (χ0n) is 13.2. The van der Waals surface area contributed by atoms with Crippen LogP contribution in [0.5, 0.6) is 0 Å². The van der Waals surface area contributed by atoms with E-state index in [1.165, 1.54) is 33.4 Å². The maximum absolute atomic E-state index is 6.72. The first-order valence-corrected chi connectivity index (χ1v) is 11.1. The topological polar surface area (TPSA) is 0 Å². The molecule has 4 rings (SSSR count). The second-order valence-electron chi connectivity index (χ2n) is 5.83. The molecule has 0 spiro atoms. The van der Waals surface area contributed by atoms with Gasteiger partial charge < -0.3 is 24.8 Å². The fraction of sp³-hybridized carbons (Fsp3) is 0.158. The predicted molar refractivity (Wildman–Crippen MR) is 94.3 cm³/mol. The first kappa shape index (κ1) is 21.6. The maximum atomic E-state index is 6.72. The van der Waals surface area contributed by atoms with Gasteiger partial charge in [-0.15, -0.1) is 0 Å². The molecule has 0 saturated heterocycles. The molecule has 0 nitrogen and oxygen atoms in total. The summed E-state index contributed by atoms with van der Waals surface area (Å²) >= 11 is 6.72. The van der Waals surface area contributed by atoms with Gasteiger partial charge >= 0.3 is 18.6 Å². The van der Waals surface area contributed by atoms with Gasteiger partial charge in [-0.3, -0.25) is 0 Å². The van der Waals surface area contributed by atoms with E-state index in [2.05, 4.69) is 67.2 Å². The van der Waals surface area contributed by atoms with Gasteiger partial charge in [0.2, 0.25) is 0 Å². The minimum atomic E-state index is -1.34. The molecular weight excluding hydrogens is 414 g/mol. The fourth-order valence-corrected chi connectivity index (χ4v) is 6.10. The van der Waals surface area contributed by atoms with Crippen LogP contribution in [0.15, 0.2) is 60.7 Å². The van der Waals surface area contributed by atoms with Crippen LogP contribution in [0.2, 0.25) is 6.55 Å². The van der Waals surface area contributed by atoms with Gasteiger partial charge in [0.15, 0.2) is 0 Å². The minimum absolute atomic E-state index is 0. The summed E-state index contributed by atoms with van der Waals surface area (Å²) in [5.74, 6) is 0. The van der Waals surface area contributed by atoms with Crippen molar-refractivity contribution in [2.75, 3.05) is 0 Å². The van der Waals surface area contributed by atoms with E-state index in [0.29, 0.717) is 5.54 Å². The smallest absolute Gasteiger partial charge is 1.00 e. The van der Waals surface area contributed by atoms with Crippen LogP contribution in [0, 0.1) is 0 Å². The SMILES string of the molecule is C[SiH](Cl)C1c2ccccc2-c2cccc(C3=CC=CC3)c21.[Cl-].[Cl-].[V+2]. The van der Waals surface area contributed by atoms with Gasteiger partial charge in [0, 0.05) is 5.54 Å². The van der Waals surface area contributed by atoms with E-state index < -0.39 is 8.11 Å². The van der Waals surface area contributed by atoms with Gasteiger partial charge in [-0.1, -0.05) is 67.2 Å². The van der Waals surface area contributed by atoms with Crippen LogP contribution in [0.4, 0.5) is 0 Å². The van der Waals surface area contributed by atoms with Crippen LogP contribution in [-0.4, -0.2) is 8.11 Å². The first-order valence-electron chi connectivity index (χ1n) is 7.49. The van der Waals surface area contributed by atoms with Crippen LogP contribution in [0.1, 0.15) is 28.7 Å². The summed E-state index contributed by atoms with van der Waals surface area (Å²) in [4.78, 5) is 0. The van der Waals surface area contributed by atoms with Gasteiger partial charge in [-0.05, 0) is 39.8 Å². The number of hydrogen-bond donors (Lipinski definition) is 0. The minimum Gasteiger partial charge on any atom is -1.00 e. The number of allylic oxidation sites excluding steroid dienone is 4. The third-order valence-corrected chi connectivity index (χ3v) is 6.95. The molecule has 2 aliphatic rings. The normalized spacial score (nSPS) is 17.6. The summed E-state index contributed by atoms with van der Waals surface area (Å²) in [7, 11) is -1.34. The van der Waals surface area contributed by atoms with E-state index in [-0.39, 0.29) is 43.4 Å². The Labute approximate surface area is 174 Å². The van der Waals surface area contributed by atoms with E-state index in [4.69, 9.17) is 11.1 Å². The molecule has 24 heavy (non-hydrogen) atoms. The molecule has 0 N–H and O–H groups in total. The van der Waals surface area contributed by atoms with E-state index in [1.54, 1.807) is 0 Å². The molecule has 0 saturated carbocycles. The van der Waals surface area contributed by atoms with E-state index in [0.717, 1.165) is 6.42 Å². The number of fused-ring (bicyclic) bond motifs is 3. The largest absolute Gasteiger partial charge is 2.00 e. The van der Waals surface area contributed by atoms with Gasteiger partial charge in [0.1, 0.15) is 8.11 Å². The number of benzene rings is 2. The summed E-state index contributed by atoms with van der Waals surface area (Å²) in [6, 6.07) is 15.5. The monoisotopic (exact) mass is 429 g/mol. The Morgan fingerprint density at radius 3 is 2.29 bits per heavy atom. The summed E-state index contributed by atoms with van der Waals surface area (Å²) in [6.07, 6.45) is 7.68. The molecule has 0 heterocycles. The second kappa shape index (κ2) is 8.80. The molecule has 0 aromatic heterocycles. The fourth-order valence-electron chi connectivity index (χ4n) is 3.71. The summed E-state index contributed by atoms with van der Waals surface area (Å²) < 4.78 is 0. The molecule has 5 heteroatoms. The molecule has 0 fully saturated rings. The summed E-state index contributed by atoms with van der Waals surface area (Å²) in [6.45, 7) is 2.25. The van der Waals surface area contributed by atoms with Gasteiger partial charge in [-0.2, -0.15) is 11.1 Å². The Hall–Kier alpha value is -0.409. The van der Waals surface area contributed by atoms with Crippen molar-refractivity contribution in [2.45, 2.75) is 18.5 Å². The molecule has 2 atom stereocenters. The van der Waals surface area contributed by atoms with Crippen molar-refractivity contribution < 1.29 is 43.4 Å². The molecule has 2 aromatic rings. The molecule has 0 amide bonds. The van der Waals surface area contributed by atoms with E-state index in [1.807, 2.05) is 0 Å². The molecule has 2 unspecified atom stereocenters. The van der Waals surface area contributed by atoms with Crippen molar-refractivity contribution >= 4 is 24.8 Å². The first-order chi connectivity index (χ1) is 10.3. The molecular formula is C19H17Cl3SiV. The van der Waals surface area contributed by atoms with Crippen molar-refractivity contribution in [3.8, 4) is 11.1 Å². The zero-order chi connectivity index (χ0) is 14.4.